The molecule has 126 valence electrons. The van der Waals surface area contributed by atoms with Gasteiger partial charge in [-0.3, -0.25) is 15.1 Å². The minimum absolute atomic E-state index is 0.110. The Bertz CT molecular complexity index is 914. The average molecular weight is 336 g/mol. The number of hydrogen-bond donors (Lipinski definition) is 2. The molecule has 2 N–H and O–H groups in total. The Labute approximate surface area is 144 Å². The quantitative estimate of drug-likeness (QED) is 0.538. The maximum absolute atomic E-state index is 11.6. The summed E-state index contributed by atoms with van der Waals surface area (Å²) in [5, 5.41) is 17.6. The largest absolute Gasteiger partial charge is 0.353 e. The van der Waals surface area contributed by atoms with Crippen LogP contribution in [0.1, 0.15) is 11.1 Å². The standard InChI is InChI=1S/C17H16N6O2/c1-11-4-3-5-14(12(11)2)22-17-15(23(24)25)16(19-10-20-17)21-13-6-8-18-9-7-13/h3-10H,1-2H3,(H2,18,19,20,21,22). The summed E-state index contributed by atoms with van der Waals surface area (Å²) in [4.78, 5) is 23.1. The van der Waals surface area contributed by atoms with Gasteiger partial charge in [0.15, 0.2) is 0 Å². The highest BCUT2D eigenvalue weighted by molar-refractivity contribution is 5.77. The van der Waals surface area contributed by atoms with Gasteiger partial charge in [0.2, 0.25) is 11.6 Å². The Morgan fingerprint density at radius 2 is 1.68 bits per heavy atom. The molecule has 0 atom stereocenters. The number of nitro groups is 1. The fourth-order valence-electron chi connectivity index (χ4n) is 2.32. The van der Waals surface area contributed by atoms with Gasteiger partial charge in [-0.25, -0.2) is 9.97 Å². The molecule has 0 unspecified atom stereocenters. The molecule has 0 radical (unpaired) electrons. The molecule has 1 aromatic carbocycles. The third-order valence-electron chi connectivity index (χ3n) is 3.81. The van der Waals surface area contributed by atoms with Crippen molar-refractivity contribution in [2.75, 3.05) is 10.6 Å². The molecule has 0 aliphatic carbocycles. The molecule has 8 heteroatoms. The van der Waals surface area contributed by atoms with Crippen LogP contribution in [0.2, 0.25) is 0 Å². The second-order valence-electron chi connectivity index (χ2n) is 5.41. The predicted octanol–water partition coefficient (Wildman–Crippen LogP) is 3.88. The fraction of sp³-hybridized carbons (Fsp3) is 0.118. The van der Waals surface area contributed by atoms with Gasteiger partial charge in [0.05, 0.1) is 4.92 Å². The summed E-state index contributed by atoms with van der Waals surface area (Å²) in [7, 11) is 0. The summed E-state index contributed by atoms with van der Waals surface area (Å²) in [6.45, 7) is 3.92. The summed E-state index contributed by atoms with van der Waals surface area (Å²) in [5.74, 6) is 0.240. The third kappa shape index (κ3) is 3.52. The Morgan fingerprint density at radius 1 is 1.00 bits per heavy atom. The summed E-state index contributed by atoms with van der Waals surface area (Å²) < 4.78 is 0. The van der Waals surface area contributed by atoms with E-state index in [4.69, 9.17) is 0 Å². The van der Waals surface area contributed by atoms with E-state index in [1.165, 1.54) is 6.33 Å². The molecule has 8 nitrogen and oxygen atoms in total. The Hall–Kier alpha value is -3.55. The van der Waals surface area contributed by atoms with Crippen molar-refractivity contribution in [2.24, 2.45) is 0 Å². The van der Waals surface area contributed by atoms with Gasteiger partial charge in [0.25, 0.3) is 0 Å². The molecule has 0 aliphatic rings. The molecule has 0 aliphatic heterocycles. The molecule has 3 rings (SSSR count). The van der Waals surface area contributed by atoms with Crippen molar-refractivity contribution in [1.29, 1.82) is 0 Å². The summed E-state index contributed by atoms with van der Waals surface area (Å²) in [5.41, 5.74) is 3.27. The molecule has 0 bridgehead atoms. The Morgan fingerprint density at radius 3 is 2.36 bits per heavy atom. The van der Waals surface area contributed by atoms with Gasteiger partial charge in [0, 0.05) is 23.8 Å². The first-order valence-electron chi connectivity index (χ1n) is 7.56. The summed E-state index contributed by atoms with van der Waals surface area (Å²) in [6, 6.07) is 9.11. The van der Waals surface area contributed by atoms with Crippen molar-refractivity contribution in [1.82, 2.24) is 15.0 Å². The van der Waals surface area contributed by atoms with Crippen LogP contribution in [-0.4, -0.2) is 19.9 Å². The third-order valence-corrected chi connectivity index (χ3v) is 3.81. The van der Waals surface area contributed by atoms with Crippen molar-refractivity contribution in [3.05, 3.63) is 70.3 Å². The molecule has 0 amide bonds. The fourth-order valence-corrected chi connectivity index (χ4v) is 2.32. The van der Waals surface area contributed by atoms with Crippen molar-refractivity contribution < 1.29 is 4.92 Å². The van der Waals surface area contributed by atoms with Gasteiger partial charge in [-0.2, -0.15) is 0 Å². The number of rotatable bonds is 5. The first-order chi connectivity index (χ1) is 12.1. The molecule has 25 heavy (non-hydrogen) atoms. The molecular weight excluding hydrogens is 320 g/mol. The minimum atomic E-state index is -0.503. The number of anilines is 4. The lowest BCUT2D eigenvalue weighted by atomic mass is 10.1. The van der Waals surface area contributed by atoms with Gasteiger partial charge in [-0.15, -0.1) is 0 Å². The van der Waals surface area contributed by atoms with Crippen LogP contribution in [0.3, 0.4) is 0 Å². The van der Waals surface area contributed by atoms with Crippen LogP contribution in [-0.2, 0) is 0 Å². The van der Waals surface area contributed by atoms with Crippen LogP contribution in [0.15, 0.2) is 49.1 Å². The number of pyridine rings is 1. The number of benzene rings is 1. The lowest BCUT2D eigenvalue weighted by Crippen LogP contribution is -2.06. The monoisotopic (exact) mass is 336 g/mol. The zero-order valence-corrected chi connectivity index (χ0v) is 13.7. The molecule has 0 spiro atoms. The van der Waals surface area contributed by atoms with Gasteiger partial charge in [-0.05, 0) is 43.2 Å². The highest BCUT2D eigenvalue weighted by Crippen LogP contribution is 2.33. The number of nitrogens with zero attached hydrogens (tertiary/aromatic N) is 4. The maximum atomic E-state index is 11.6. The Balaban J connectivity index is 2.01. The van der Waals surface area contributed by atoms with E-state index in [1.807, 2.05) is 32.0 Å². The molecule has 0 saturated carbocycles. The van der Waals surface area contributed by atoms with Crippen LogP contribution in [0, 0.1) is 24.0 Å². The molecule has 3 aromatic rings. The summed E-state index contributed by atoms with van der Waals surface area (Å²) >= 11 is 0. The number of aryl methyl sites for hydroxylation is 1. The van der Waals surface area contributed by atoms with E-state index in [9.17, 15) is 10.1 Å². The lowest BCUT2D eigenvalue weighted by molar-refractivity contribution is -0.383. The number of aromatic nitrogens is 3. The second-order valence-corrected chi connectivity index (χ2v) is 5.41. The van der Waals surface area contributed by atoms with Crippen molar-refractivity contribution >= 4 is 28.7 Å². The normalized spacial score (nSPS) is 10.3. The van der Waals surface area contributed by atoms with E-state index in [1.54, 1.807) is 24.5 Å². The van der Waals surface area contributed by atoms with E-state index in [0.717, 1.165) is 16.8 Å². The highest BCUT2D eigenvalue weighted by Gasteiger charge is 2.23. The number of hydrogen-bond acceptors (Lipinski definition) is 7. The van der Waals surface area contributed by atoms with E-state index in [0.29, 0.717) is 5.69 Å². The van der Waals surface area contributed by atoms with Crippen LogP contribution >= 0.6 is 0 Å². The van der Waals surface area contributed by atoms with E-state index in [2.05, 4.69) is 25.6 Å². The van der Waals surface area contributed by atoms with Crippen LogP contribution in [0.4, 0.5) is 28.7 Å². The van der Waals surface area contributed by atoms with Crippen LogP contribution < -0.4 is 10.6 Å². The van der Waals surface area contributed by atoms with Crippen LogP contribution in [0.5, 0.6) is 0 Å². The molecule has 0 saturated heterocycles. The lowest BCUT2D eigenvalue weighted by Gasteiger charge is -2.12. The maximum Gasteiger partial charge on any atom is 0.353 e. The minimum Gasteiger partial charge on any atom is -0.334 e. The first-order valence-corrected chi connectivity index (χ1v) is 7.56. The first kappa shape index (κ1) is 16.3. The zero-order valence-electron chi connectivity index (χ0n) is 13.7. The van der Waals surface area contributed by atoms with Gasteiger partial charge in [-0.1, -0.05) is 12.1 Å². The highest BCUT2D eigenvalue weighted by atomic mass is 16.6. The second kappa shape index (κ2) is 6.91. The van der Waals surface area contributed by atoms with Gasteiger partial charge >= 0.3 is 5.69 Å². The van der Waals surface area contributed by atoms with Crippen molar-refractivity contribution in [2.45, 2.75) is 13.8 Å². The smallest absolute Gasteiger partial charge is 0.334 e. The Kier molecular flexibility index (Phi) is 4.51. The topological polar surface area (TPSA) is 106 Å². The van der Waals surface area contributed by atoms with E-state index < -0.39 is 4.92 Å². The van der Waals surface area contributed by atoms with E-state index in [-0.39, 0.29) is 17.3 Å². The van der Waals surface area contributed by atoms with Gasteiger partial charge < -0.3 is 10.6 Å². The molecule has 0 fully saturated rings. The molecule has 2 heterocycles. The predicted molar refractivity (Wildman–Crippen MR) is 95.4 cm³/mol. The molecular formula is C17H16N6O2. The van der Waals surface area contributed by atoms with Gasteiger partial charge in [0.1, 0.15) is 6.33 Å². The molecule has 2 aromatic heterocycles. The van der Waals surface area contributed by atoms with E-state index >= 15 is 0 Å². The van der Waals surface area contributed by atoms with Crippen molar-refractivity contribution in [3.63, 3.8) is 0 Å². The summed E-state index contributed by atoms with van der Waals surface area (Å²) in [6.07, 6.45) is 4.46. The number of nitrogens with one attached hydrogen (secondary N) is 2. The average Bonchev–Trinajstić information content (AvgIpc) is 2.60. The SMILES string of the molecule is Cc1cccc(Nc2ncnc(Nc3ccncc3)c2[N+](=O)[O-])c1C. The van der Waals surface area contributed by atoms with Crippen LogP contribution in [0.25, 0.3) is 0 Å². The van der Waals surface area contributed by atoms with Crippen molar-refractivity contribution in [3.8, 4) is 0 Å². The zero-order chi connectivity index (χ0) is 17.8.